The van der Waals surface area contributed by atoms with Crippen molar-refractivity contribution in [3.63, 3.8) is 0 Å². The van der Waals surface area contributed by atoms with E-state index in [-0.39, 0.29) is 5.91 Å². The second kappa shape index (κ2) is 7.13. The predicted octanol–water partition coefficient (Wildman–Crippen LogP) is 2.52. The van der Waals surface area contributed by atoms with Crippen molar-refractivity contribution in [2.24, 2.45) is 17.8 Å². The Labute approximate surface area is 112 Å². The smallest absolute Gasteiger partial charge is 0.220 e. The largest absolute Gasteiger partial charge is 0.353 e. The molecule has 0 aromatic rings. The summed E-state index contributed by atoms with van der Waals surface area (Å²) in [4.78, 5) is 14.4. The minimum atomic E-state index is 0.247. The molecule has 1 heterocycles. The van der Waals surface area contributed by atoms with Crippen LogP contribution in [0.3, 0.4) is 0 Å². The van der Waals surface area contributed by atoms with Crippen LogP contribution < -0.4 is 5.32 Å². The van der Waals surface area contributed by atoms with Crippen molar-refractivity contribution in [3.8, 4) is 0 Å². The molecular formula is C15H30N2O. The molecule has 0 radical (unpaired) electrons. The second-order valence-electron chi connectivity index (χ2n) is 6.53. The molecule has 0 unspecified atom stereocenters. The maximum atomic E-state index is 12.1. The molecule has 0 spiro atoms. The zero-order chi connectivity index (χ0) is 13.7. The van der Waals surface area contributed by atoms with Crippen LogP contribution in [0.15, 0.2) is 0 Å². The standard InChI is InChI=1S/C15H30N2O/c1-11(2)15(12(3)4)16-14(18)10-13-6-8-17(5)9-7-13/h11-13,15H,6-10H2,1-5H3,(H,16,18). The van der Waals surface area contributed by atoms with Crippen LogP contribution in [-0.4, -0.2) is 37.0 Å². The molecule has 3 heteroatoms. The van der Waals surface area contributed by atoms with Gasteiger partial charge in [-0.1, -0.05) is 27.7 Å². The third-order valence-electron chi connectivity index (χ3n) is 4.08. The molecule has 1 amide bonds. The zero-order valence-electron chi connectivity index (χ0n) is 12.7. The molecule has 1 saturated heterocycles. The molecule has 18 heavy (non-hydrogen) atoms. The van der Waals surface area contributed by atoms with Gasteiger partial charge in [0.1, 0.15) is 0 Å². The van der Waals surface area contributed by atoms with Crippen LogP contribution in [0.5, 0.6) is 0 Å². The summed E-state index contributed by atoms with van der Waals surface area (Å²) in [5, 5.41) is 3.22. The first-order chi connectivity index (χ1) is 8.40. The maximum absolute atomic E-state index is 12.1. The highest BCUT2D eigenvalue weighted by Crippen LogP contribution is 2.20. The quantitative estimate of drug-likeness (QED) is 0.817. The third kappa shape index (κ3) is 4.97. The van der Waals surface area contributed by atoms with Crippen LogP contribution in [-0.2, 0) is 4.79 Å². The van der Waals surface area contributed by atoms with Crippen molar-refractivity contribution >= 4 is 5.91 Å². The van der Waals surface area contributed by atoms with E-state index in [0.717, 1.165) is 25.9 Å². The van der Waals surface area contributed by atoms with Gasteiger partial charge in [-0.05, 0) is 50.7 Å². The maximum Gasteiger partial charge on any atom is 0.220 e. The van der Waals surface area contributed by atoms with Gasteiger partial charge in [-0.3, -0.25) is 4.79 Å². The van der Waals surface area contributed by atoms with Gasteiger partial charge in [-0.2, -0.15) is 0 Å². The average Bonchev–Trinajstić information content (AvgIpc) is 2.28. The van der Waals surface area contributed by atoms with Gasteiger partial charge in [-0.25, -0.2) is 0 Å². The molecular weight excluding hydrogens is 224 g/mol. The average molecular weight is 254 g/mol. The number of amides is 1. The Balaban J connectivity index is 2.36. The van der Waals surface area contributed by atoms with Gasteiger partial charge in [0.05, 0.1) is 0 Å². The molecule has 1 rings (SSSR count). The van der Waals surface area contributed by atoms with E-state index in [9.17, 15) is 4.79 Å². The Bertz CT molecular complexity index is 247. The summed E-state index contributed by atoms with van der Waals surface area (Å²) in [6.07, 6.45) is 3.04. The van der Waals surface area contributed by atoms with Gasteiger partial charge in [0.2, 0.25) is 5.91 Å². The minimum Gasteiger partial charge on any atom is -0.353 e. The predicted molar refractivity (Wildman–Crippen MR) is 76.4 cm³/mol. The van der Waals surface area contributed by atoms with Crippen LogP contribution >= 0.6 is 0 Å². The summed E-state index contributed by atoms with van der Waals surface area (Å²) in [7, 11) is 2.16. The Morgan fingerprint density at radius 3 is 2.11 bits per heavy atom. The fourth-order valence-electron chi connectivity index (χ4n) is 2.88. The van der Waals surface area contributed by atoms with Crippen molar-refractivity contribution in [3.05, 3.63) is 0 Å². The van der Waals surface area contributed by atoms with Crippen LogP contribution in [0.2, 0.25) is 0 Å². The summed E-state index contributed by atoms with van der Waals surface area (Å²) in [6, 6.07) is 0.309. The van der Waals surface area contributed by atoms with Crippen molar-refractivity contribution < 1.29 is 4.79 Å². The number of nitrogens with one attached hydrogen (secondary N) is 1. The van der Waals surface area contributed by atoms with E-state index in [1.54, 1.807) is 0 Å². The molecule has 0 bridgehead atoms. The summed E-state index contributed by atoms with van der Waals surface area (Å²) in [6.45, 7) is 11.0. The zero-order valence-corrected chi connectivity index (χ0v) is 12.7. The van der Waals surface area contributed by atoms with Gasteiger partial charge < -0.3 is 10.2 Å². The second-order valence-corrected chi connectivity index (χ2v) is 6.53. The monoisotopic (exact) mass is 254 g/mol. The lowest BCUT2D eigenvalue weighted by molar-refractivity contribution is -0.123. The number of likely N-dealkylation sites (tertiary alicyclic amines) is 1. The van der Waals surface area contributed by atoms with Gasteiger partial charge in [0, 0.05) is 12.5 Å². The summed E-state index contributed by atoms with van der Waals surface area (Å²) in [5.74, 6) is 1.84. The van der Waals surface area contributed by atoms with Gasteiger partial charge in [-0.15, -0.1) is 0 Å². The van der Waals surface area contributed by atoms with E-state index in [0.29, 0.717) is 30.2 Å². The molecule has 1 fully saturated rings. The molecule has 1 aliphatic heterocycles. The molecule has 1 N–H and O–H groups in total. The third-order valence-corrected chi connectivity index (χ3v) is 4.08. The molecule has 0 aromatic carbocycles. The SMILES string of the molecule is CC(C)C(NC(=O)CC1CCN(C)CC1)C(C)C. The van der Waals surface area contributed by atoms with Crippen LogP contribution in [0, 0.1) is 17.8 Å². The fourth-order valence-corrected chi connectivity index (χ4v) is 2.88. The van der Waals surface area contributed by atoms with Gasteiger partial charge in [0.15, 0.2) is 0 Å². The number of hydrogen-bond donors (Lipinski definition) is 1. The van der Waals surface area contributed by atoms with E-state index >= 15 is 0 Å². The lowest BCUT2D eigenvalue weighted by Gasteiger charge is -2.30. The van der Waals surface area contributed by atoms with Gasteiger partial charge >= 0.3 is 0 Å². The lowest BCUT2D eigenvalue weighted by Crippen LogP contribution is -2.43. The number of nitrogens with zero attached hydrogens (tertiary/aromatic N) is 1. The fraction of sp³-hybridized carbons (Fsp3) is 0.933. The molecule has 0 atom stereocenters. The highest BCUT2D eigenvalue weighted by atomic mass is 16.1. The first-order valence-corrected chi connectivity index (χ1v) is 7.38. The van der Waals surface area contributed by atoms with E-state index in [1.165, 1.54) is 0 Å². The summed E-state index contributed by atoms with van der Waals surface area (Å²) >= 11 is 0. The van der Waals surface area contributed by atoms with E-state index in [1.807, 2.05) is 0 Å². The minimum absolute atomic E-state index is 0.247. The van der Waals surface area contributed by atoms with Crippen LogP contribution in [0.4, 0.5) is 0 Å². The molecule has 0 saturated carbocycles. The number of hydrogen-bond acceptors (Lipinski definition) is 2. The lowest BCUT2D eigenvalue weighted by atomic mass is 9.91. The molecule has 3 nitrogen and oxygen atoms in total. The highest BCUT2D eigenvalue weighted by molar-refractivity contribution is 5.76. The van der Waals surface area contributed by atoms with E-state index in [4.69, 9.17) is 0 Å². The van der Waals surface area contributed by atoms with Crippen molar-refractivity contribution in [2.75, 3.05) is 20.1 Å². The summed E-state index contributed by atoms with van der Waals surface area (Å²) in [5.41, 5.74) is 0. The molecule has 1 aliphatic rings. The van der Waals surface area contributed by atoms with Crippen LogP contribution in [0.1, 0.15) is 47.0 Å². The van der Waals surface area contributed by atoms with Gasteiger partial charge in [0.25, 0.3) is 0 Å². The topological polar surface area (TPSA) is 32.3 Å². The number of rotatable bonds is 5. The molecule has 0 aromatic heterocycles. The summed E-state index contributed by atoms with van der Waals surface area (Å²) < 4.78 is 0. The number of carbonyl (C=O) groups is 1. The Morgan fingerprint density at radius 2 is 1.67 bits per heavy atom. The first-order valence-electron chi connectivity index (χ1n) is 7.38. The Kier molecular flexibility index (Phi) is 6.13. The molecule has 106 valence electrons. The van der Waals surface area contributed by atoms with E-state index < -0.39 is 0 Å². The normalized spacial score (nSPS) is 18.9. The number of carbonyl (C=O) groups excluding carboxylic acids is 1. The Hall–Kier alpha value is -0.570. The number of piperidine rings is 1. The Morgan fingerprint density at radius 1 is 1.17 bits per heavy atom. The highest BCUT2D eigenvalue weighted by Gasteiger charge is 2.23. The van der Waals surface area contributed by atoms with Crippen molar-refractivity contribution in [1.29, 1.82) is 0 Å². The van der Waals surface area contributed by atoms with Crippen molar-refractivity contribution in [1.82, 2.24) is 10.2 Å². The van der Waals surface area contributed by atoms with Crippen LogP contribution in [0.25, 0.3) is 0 Å². The first kappa shape index (κ1) is 15.5. The molecule has 0 aliphatic carbocycles. The van der Waals surface area contributed by atoms with Crippen molar-refractivity contribution in [2.45, 2.75) is 53.0 Å². The van der Waals surface area contributed by atoms with E-state index in [2.05, 4.69) is 45.0 Å².